The first kappa shape index (κ1) is 32.6. The summed E-state index contributed by atoms with van der Waals surface area (Å²) in [7, 11) is -3.20. The number of hydrogen-bond acceptors (Lipinski definition) is 7. The number of carbonyl (C=O) groups is 2. The predicted octanol–water partition coefficient (Wildman–Crippen LogP) is 3.38. The largest absolute Gasteiger partial charge is 0.324 e. The Morgan fingerprint density at radius 1 is 0.911 bits per heavy atom. The number of anilines is 1. The summed E-state index contributed by atoms with van der Waals surface area (Å²) in [4.78, 5) is 33.5. The molecule has 2 fully saturated rings. The van der Waals surface area contributed by atoms with Crippen LogP contribution in [0.5, 0.6) is 0 Å². The van der Waals surface area contributed by atoms with Crippen molar-refractivity contribution in [3.8, 4) is 0 Å². The highest BCUT2D eigenvalue weighted by Gasteiger charge is 2.31. The van der Waals surface area contributed by atoms with Crippen LogP contribution in [-0.4, -0.2) is 84.8 Å². The zero-order valence-corrected chi connectivity index (χ0v) is 26.5. The van der Waals surface area contributed by atoms with Crippen LogP contribution in [0.25, 0.3) is 0 Å². The van der Waals surface area contributed by atoms with E-state index in [2.05, 4.69) is 47.9 Å². The number of hydrazine groups is 1. The fourth-order valence-corrected chi connectivity index (χ4v) is 7.36. The molecule has 10 nitrogen and oxygen atoms in total. The molecule has 240 valence electrons. The molecule has 2 atom stereocenters. The molecule has 3 N–H and O–H groups in total. The topological polar surface area (TPSA) is 119 Å². The minimum Gasteiger partial charge on any atom is -0.322 e. The van der Waals surface area contributed by atoms with Crippen LogP contribution in [0.2, 0.25) is 0 Å². The summed E-state index contributed by atoms with van der Waals surface area (Å²) in [6.07, 6.45) is 0. The van der Waals surface area contributed by atoms with Gasteiger partial charge in [-0.25, -0.2) is 23.4 Å². The summed E-state index contributed by atoms with van der Waals surface area (Å²) in [5, 5.41) is 0. The van der Waals surface area contributed by atoms with E-state index in [9.17, 15) is 18.0 Å². The highest BCUT2D eigenvalue weighted by atomic mass is 32.2. The van der Waals surface area contributed by atoms with Gasteiger partial charge in [0, 0.05) is 68.2 Å². The van der Waals surface area contributed by atoms with Crippen molar-refractivity contribution in [2.24, 2.45) is 5.84 Å². The van der Waals surface area contributed by atoms with E-state index in [0.29, 0.717) is 17.8 Å². The van der Waals surface area contributed by atoms with Gasteiger partial charge in [0.25, 0.3) is 5.91 Å². The maximum absolute atomic E-state index is 15.1. The van der Waals surface area contributed by atoms with Gasteiger partial charge in [-0.2, -0.15) is 0 Å². The summed E-state index contributed by atoms with van der Waals surface area (Å²) in [5.74, 6) is 3.68. The molecule has 0 radical (unpaired) electrons. The van der Waals surface area contributed by atoms with E-state index >= 15 is 4.39 Å². The lowest BCUT2D eigenvalue weighted by atomic mass is 10.0. The highest BCUT2D eigenvalue weighted by Crippen LogP contribution is 2.25. The Kier molecular flexibility index (Phi) is 10.2. The molecule has 3 aromatic carbocycles. The van der Waals surface area contributed by atoms with Gasteiger partial charge in [-0.05, 0) is 49.2 Å². The van der Waals surface area contributed by atoms with Gasteiger partial charge in [0.1, 0.15) is 5.82 Å². The fourth-order valence-electron chi connectivity index (χ4n) is 6.15. The number of rotatable bonds is 8. The van der Waals surface area contributed by atoms with Crippen molar-refractivity contribution in [3.05, 3.63) is 101 Å². The number of carbonyl (C=O) groups excluding carboxylic acids is 2. The minimum absolute atomic E-state index is 0.0618. The molecule has 0 unspecified atom stereocenters. The number of amides is 3. The van der Waals surface area contributed by atoms with E-state index in [-0.39, 0.29) is 42.3 Å². The van der Waals surface area contributed by atoms with Crippen LogP contribution in [-0.2, 0) is 29.5 Å². The van der Waals surface area contributed by atoms with Gasteiger partial charge in [0.05, 0.1) is 18.1 Å². The van der Waals surface area contributed by atoms with E-state index < -0.39 is 27.6 Å². The second-order valence-corrected chi connectivity index (χ2v) is 14.3. The average molecular weight is 637 g/mol. The summed E-state index contributed by atoms with van der Waals surface area (Å²) in [5.41, 5.74) is 5.22. The molecule has 2 heterocycles. The lowest BCUT2D eigenvalue weighted by Gasteiger charge is -2.44. The Morgan fingerprint density at radius 2 is 1.53 bits per heavy atom. The number of urea groups is 1. The fraction of sp³-hybridized carbons (Fsp3) is 0.394. The van der Waals surface area contributed by atoms with Crippen molar-refractivity contribution >= 4 is 27.5 Å². The lowest BCUT2D eigenvalue weighted by Crippen LogP contribution is -2.55. The first-order valence-electron chi connectivity index (χ1n) is 15.2. The maximum atomic E-state index is 15.1. The Hall–Kier alpha value is -3.84. The molecule has 2 saturated heterocycles. The molecule has 0 bridgehead atoms. The monoisotopic (exact) mass is 636 g/mol. The van der Waals surface area contributed by atoms with Crippen molar-refractivity contribution in [1.82, 2.24) is 20.1 Å². The van der Waals surface area contributed by atoms with Crippen LogP contribution in [0.4, 0.5) is 14.9 Å². The van der Waals surface area contributed by atoms with E-state index in [0.717, 1.165) is 37.8 Å². The molecular weight excluding hydrogens is 595 g/mol. The summed E-state index contributed by atoms with van der Waals surface area (Å²) >= 11 is 0. The number of sulfone groups is 1. The molecule has 2 aliphatic heterocycles. The van der Waals surface area contributed by atoms with Crippen LogP contribution in [0.3, 0.4) is 0 Å². The molecule has 0 aliphatic carbocycles. The number of hydrogen-bond donors (Lipinski definition) is 2. The second-order valence-electron chi connectivity index (χ2n) is 12.0. The van der Waals surface area contributed by atoms with Gasteiger partial charge in [0.2, 0.25) is 0 Å². The summed E-state index contributed by atoms with van der Waals surface area (Å²) in [6.45, 7) is 8.10. The quantitative estimate of drug-likeness (QED) is 0.221. The first-order valence-corrected chi connectivity index (χ1v) is 17.0. The molecule has 3 amide bonds. The van der Waals surface area contributed by atoms with Gasteiger partial charge < -0.3 is 4.90 Å². The predicted molar refractivity (Wildman–Crippen MR) is 172 cm³/mol. The van der Waals surface area contributed by atoms with Gasteiger partial charge in [-0.15, -0.1) is 0 Å². The van der Waals surface area contributed by atoms with Crippen LogP contribution >= 0.6 is 0 Å². The number of nitrogens with one attached hydrogen (secondary N) is 1. The number of benzene rings is 3. The van der Waals surface area contributed by atoms with Crippen LogP contribution in [0.1, 0.15) is 40.9 Å². The van der Waals surface area contributed by atoms with Crippen LogP contribution in [0.15, 0.2) is 72.8 Å². The maximum Gasteiger partial charge on any atom is 0.324 e. The van der Waals surface area contributed by atoms with Gasteiger partial charge >= 0.3 is 6.03 Å². The summed E-state index contributed by atoms with van der Waals surface area (Å²) in [6, 6.07) is 22.5. The van der Waals surface area contributed by atoms with E-state index in [4.69, 9.17) is 5.84 Å². The number of piperazine rings is 1. The number of nitrogens with zero attached hydrogens (tertiary/aromatic N) is 4. The van der Waals surface area contributed by atoms with Crippen molar-refractivity contribution in [2.45, 2.75) is 45.6 Å². The Morgan fingerprint density at radius 3 is 2.13 bits per heavy atom. The van der Waals surface area contributed by atoms with E-state index in [1.54, 1.807) is 0 Å². The minimum atomic E-state index is -3.20. The van der Waals surface area contributed by atoms with Gasteiger partial charge in [-0.3, -0.25) is 24.9 Å². The normalized spacial score (nSPS) is 20.5. The zero-order chi connectivity index (χ0) is 32.1. The van der Waals surface area contributed by atoms with Gasteiger partial charge in [-0.1, -0.05) is 48.5 Å². The Labute approximate surface area is 264 Å². The summed E-state index contributed by atoms with van der Waals surface area (Å²) < 4.78 is 39.1. The molecule has 12 heteroatoms. The third-order valence-corrected chi connectivity index (χ3v) is 10.3. The van der Waals surface area contributed by atoms with Crippen LogP contribution in [0, 0.1) is 5.82 Å². The Balaban J connectivity index is 1.30. The number of nitrogens with two attached hydrogens (primary N) is 1. The highest BCUT2D eigenvalue weighted by molar-refractivity contribution is 7.91. The third-order valence-electron chi connectivity index (χ3n) is 8.66. The molecule has 0 spiro atoms. The van der Waals surface area contributed by atoms with Crippen molar-refractivity contribution in [1.29, 1.82) is 0 Å². The van der Waals surface area contributed by atoms with Crippen molar-refractivity contribution in [3.63, 3.8) is 0 Å². The van der Waals surface area contributed by atoms with E-state index in [1.807, 2.05) is 35.8 Å². The standard InChI is InChI=1S/C33H41FN6O4S/c1-24-19-37(20-25(2)39(24)22-26-6-4-3-5-7-26)21-27-8-12-30(13-9-27)40(33(42)38-14-16-45(43,44)17-15-38)23-29-11-10-28(18-31(29)34)32(41)36-35/h3-13,18,24-25H,14-17,19-23,35H2,1-2H3,(H,36,41)/t24-,25+. The molecule has 0 saturated carbocycles. The third kappa shape index (κ3) is 8.06. The van der Waals surface area contributed by atoms with Crippen LogP contribution < -0.4 is 16.2 Å². The molecule has 45 heavy (non-hydrogen) atoms. The molecule has 2 aliphatic rings. The van der Waals surface area contributed by atoms with Crippen molar-refractivity contribution < 1.29 is 22.4 Å². The number of halogens is 1. The smallest absolute Gasteiger partial charge is 0.322 e. The Bertz CT molecular complexity index is 1580. The van der Waals surface area contributed by atoms with Crippen molar-refractivity contribution in [2.75, 3.05) is 42.6 Å². The lowest BCUT2D eigenvalue weighted by molar-refractivity contribution is 0.0290. The van der Waals surface area contributed by atoms with E-state index in [1.165, 1.54) is 27.5 Å². The number of nitrogen functional groups attached to an aromatic ring is 1. The molecular formula is C33H41FN6O4S. The first-order chi connectivity index (χ1) is 21.5. The SMILES string of the molecule is C[C@@H]1CN(Cc2ccc(N(Cc3ccc(C(=O)NN)cc3F)C(=O)N3CCS(=O)(=O)CC3)cc2)C[C@H](C)N1Cc1ccccc1. The average Bonchev–Trinajstić information content (AvgIpc) is 3.02. The molecule has 3 aromatic rings. The molecule has 0 aromatic heterocycles. The zero-order valence-electron chi connectivity index (χ0n) is 25.7. The van der Waals surface area contributed by atoms with Gasteiger partial charge in [0.15, 0.2) is 9.84 Å². The molecule has 5 rings (SSSR count). The second kappa shape index (κ2) is 14.1.